The van der Waals surface area contributed by atoms with E-state index in [1.165, 1.54) is 0 Å². The number of carbonyl (C=O) groups excluding carboxylic acids is 1. The molecule has 3 aromatic rings. The Morgan fingerprint density at radius 1 is 1.26 bits per heavy atom. The third kappa shape index (κ3) is 3.97. The predicted octanol–water partition coefficient (Wildman–Crippen LogP) is 2.03. The highest BCUT2D eigenvalue weighted by molar-refractivity contribution is 5.81. The molecule has 7 nitrogen and oxygen atoms in total. The van der Waals surface area contributed by atoms with Gasteiger partial charge in [0.05, 0.1) is 12.5 Å². The van der Waals surface area contributed by atoms with Crippen LogP contribution in [0, 0.1) is 6.92 Å². The lowest BCUT2D eigenvalue weighted by molar-refractivity contribution is -0.124. The monoisotopic (exact) mass is 366 g/mol. The standard InChI is InChI=1S/C20H22N4O3/c1-13-8-9-15(18(12-13)27-3)10-11-21-19(25)14(2)24-20(26)16-6-4-5-7-17(16)22-23-24/h4-9,12,14H,10-11H2,1-3H3,(H,21,25)/t14-/m0/s1. The molecule has 0 aliphatic carbocycles. The highest BCUT2D eigenvalue weighted by atomic mass is 16.5. The summed E-state index contributed by atoms with van der Waals surface area (Å²) in [5.41, 5.74) is 2.31. The first-order valence-electron chi connectivity index (χ1n) is 8.76. The van der Waals surface area contributed by atoms with Gasteiger partial charge >= 0.3 is 0 Å². The van der Waals surface area contributed by atoms with Crippen LogP contribution in [-0.4, -0.2) is 34.6 Å². The number of ether oxygens (including phenoxy) is 1. The third-order valence-electron chi connectivity index (χ3n) is 4.47. The summed E-state index contributed by atoms with van der Waals surface area (Å²) in [6, 6.07) is 12.1. The second kappa shape index (κ2) is 7.99. The number of nitrogens with one attached hydrogen (secondary N) is 1. The fourth-order valence-corrected chi connectivity index (χ4v) is 2.89. The van der Waals surface area contributed by atoms with Crippen LogP contribution < -0.4 is 15.6 Å². The number of hydrogen-bond donors (Lipinski definition) is 1. The number of hydrogen-bond acceptors (Lipinski definition) is 5. The Morgan fingerprint density at radius 3 is 2.81 bits per heavy atom. The fraction of sp³-hybridized carbons (Fsp3) is 0.300. The number of amides is 1. The molecule has 0 saturated carbocycles. The summed E-state index contributed by atoms with van der Waals surface area (Å²) in [7, 11) is 1.63. The van der Waals surface area contributed by atoms with Crippen LogP contribution in [0.15, 0.2) is 47.3 Å². The predicted molar refractivity (Wildman–Crippen MR) is 103 cm³/mol. The molecule has 0 aliphatic rings. The van der Waals surface area contributed by atoms with Crippen LogP contribution in [0.2, 0.25) is 0 Å². The lowest BCUT2D eigenvalue weighted by atomic mass is 10.1. The Balaban J connectivity index is 1.68. The van der Waals surface area contributed by atoms with Crippen molar-refractivity contribution in [2.24, 2.45) is 0 Å². The molecule has 0 saturated heterocycles. The molecule has 2 aromatic carbocycles. The summed E-state index contributed by atoms with van der Waals surface area (Å²) in [5.74, 6) is 0.515. The van der Waals surface area contributed by atoms with E-state index in [1.807, 2.05) is 25.1 Å². The minimum Gasteiger partial charge on any atom is -0.496 e. The van der Waals surface area contributed by atoms with Crippen molar-refractivity contribution in [2.75, 3.05) is 13.7 Å². The van der Waals surface area contributed by atoms with E-state index >= 15 is 0 Å². The zero-order valence-electron chi connectivity index (χ0n) is 15.6. The van der Waals surface area contributed by atoms with Gasteiger partial charge in [0, 0.05) is 6.54 Å². The first kappa shape index (κ1) is 18.6. The number of carbonyl (C=O) groups is 1. The molecule has 3 rings (SSSR count). The van der Waals surface area contributed by atoms with Crippen LogP contribution >= 0.6 is 0 Å². The van der Waals surface area contributed by atoms with Gasteiger partial charge < -0.3 is 10.1 Å². The number of aromatic nitrogens is 3. The molecule has 7 heteroatoms. The number of aryl methyl sites for hydroxylation is 1. The SMILES string of the molecule is COc1cc(C)ccc1CCNC(=O)[C@H](C)n1nnc2ccccc2c1=O. The second-order valence-electron chi connectivity index (χ2n) is 6.39. The molecule has 1 N–H and O–H groups in total. The zero-order chi connectivity index (χ0) is 19.4. The Hall–Kier alpha value is -3.22. The molecule has 0 radical (unpaired) electrons. The minimum atomic E-state index is -0.755. The fourth-order valence-electron chi connectivity index (χ4n) is 2.89. The number of methoxy groups -OCH3 is 1. The summed E-state index contributed by atoms with van der Waals surface area (Å²) in [4.78, 5) is 25.0. The van der Waals surface area contributed by atoms with Crippen molar-refractivity contribution in [1.82, 2.24) is 20.3 Å². The molecule has 1 heterocycles. The molecule has 0 fully saturated rings. The van der Waals surface area contributed by atoms with Crippen LogP contribution in [0.5, 0.6) is 5.75 Å². The molecule has 1 aromatic heterocycles. The van der Waals surface area contributed by atoms with E-state index in [9.17, 15) is 9.59 Å². The van der Waals surface area contributed by atoms with Gasteiger partial charge in [-0.15, -0.1) is 5.10 Å². The Kier molecular flexibility index (Phi) is 5.49. The maximum Gasteiger partial charge on any atom is 0.278 e. The molecule has 1 atom stereocenters. The van der Waals surface area contributed by atoms with Gasteiger partial charge in [-0.05, 0) is 49.6 Å². The summed E-state index contributed by atoms with van der Waals surface area (Å²) in [6.45, 7) is 4.06. The van der Waals surface area contributed by atoms with E-state index in [4.69, 9.17) is 4.74 Å². The van der Waals surface area contributed by atoms with Crippen LogP contribution in [-0.2, 0) is 11.2 Å². The van der Waals surface area contributed by atoms with E-state index in [0.717, 1.165) is 21.6 Å². The smallest absolute Gasteiger partial charge is 0.278 e. The molecule has 0 unspecified atom stereocenters. The van der Waals surface area contributed by atoms with E-state index in [2.05, 4.69) is 15.6 Å². The topological polar surface area (TPSA) is 86.1 Å². The third-order valence-corrected chi connectivity index (χ3v) is 4.47. The lowest BCUT2D eigenvalue weighted by Crippen LogP contribution is -2.38. The minimum absolute atomic E-state index is 0.284. The van der Waals surface area contributed by atoms with Crippen LogP contribution in [0.25, 0.3) is 10.9 Å². The number of rotatable bonds is 6. The molecule has 0 aliphatic heterocycles. The highest BCUT2D eigenvalue weighted by Crippen LogP contribution is 2.20. The van der Waals surface area contributed by atoms with Crippen molar-refractivity contribution in [1.29, 1.82) is 0 Å². The average Bonchev–Trinajstić information content (AvgIpc) is 2.69. The molecule has 1 amide bonds. The average molecular weight is 366 g/mol. The molecule has 0 spiro atoms. The quantitative estimate of drug-likeness (QED) is 0.721. The van der Waals surface area contributed by atoms with E-state index < -0.39 is 6.04 Å². The zero-order valence-corrected chi connectivity index (χ0v) is 15.6. The summed E-state index contributed by atoms with van der Waals surface area (Å²) in [5, 5.41) is 11.2. The van der Waals surface area contributed by atoms with Crippen molar-refractivity contribution in [3.8, 4) is 5.75 Å². The van der Waals surface area contributed by atoms with Gasteiger partial charge in [0.25, 0.3) is 5.56 Å². The summed E-state index contributed by atoms with van der Waals surface area (Å²) < 4.78 is 6.50. The maximum absolute atomic E-state index is 12.5. The van der Waals surface area contributed by atoms with Crippen molar-refractivity contribution < 1.29 is 9.53 Å². The summed E-state index contributed by atoms with van der Waals surface area (Å²) in [6.07, 6.45) is 0.625. The Bertz CT molecular complexity index is 1030. The summed E-state index contributed by atoms with van der Waals surface area (Å²) >= 11 is 0. The first-order chi connectivity index (χ1) is 13.0. The molecule has 27 heavy (non-hydrogen) atoms. The Labute approximate surface area is 157 Å². The van der Waals surface area contributed by atoms with Crippen molar-refractivity contribution >= 4 is 16.8 Å². The van der Waals surface area contributed by atoms with Gasteiger partial charge in [0.1, 0.15) is 17.3 Å². The molecule has 140 valence electrons. The highest BCUT2D eigenvalue weighted by Gasteiger charge is 2.18. The first-order valence-corrected chi connectivity index (χ1v) is 8.76. The van der Waals surface area contributed by atoms with Crippen molar-refractivity contribution in [3.05, 3.63) is 63.9 Å². The maximum atomic E-state index is 12.5. The van der Waals surface area contributed by atoms with Crippen molar-refractivity contribution in [2.45, 2.75) is 26.3 Å². The second-order valence-corrected chi connectivity index (χ2v) is 6.39. The molecular formula is C20H22N4O3. The van der Waals surface area contributed by atoms with E-state index in [0.29, 0.717) is 23.9 Å². The van der Waals surface area contributed by atoms with Crippen LogP contribution in [0.4, 0.5) is 0 Å². The largest absolute Gasteiger partial charge is 0.496 e. The van der Waals surface area contributed by atoms with Crippen LogP contribution in [0.1, 0.15) is 24.1 Å². The molecular weight excluding hydrogens is 344 g/mol. The molecule has 0 bridgehead atoms. The van der Waals surface area contributed by atoms with Gasteiger partial charge in [-0.1, -0.05) is 29.5 Å². The normalized spacial score (nSPS) is 12.0. The van der Waals surface area contributed by atoms with Gasteiger partial charge in [-0.2, -0.15) is 4.68 Å². The van der Waals surface area contributed by atoms with Gasteiger partial charge in [-0.25, -0.2) is 0 Å². The van der Waals surface area contributed by atoms with Crippen molar-refractivity contribution in [3.63, 3.8) is 0 Å². The number of fused-ring (bicyclic) bond motifs is 1. The Morgan fingerprint density at radius 2 is 2.04 bits per heavy atom. The van der Waals surface area contributed by atoms with Gasteiger partial charge in [-0.3, -0.25) is 9.59 Å². The number of nitrogens with zero attached hydrogens (tertiary/aromatic N) is 3. The lowest BCUT2D eigenvalue weighted by Gasteiger charge is -2.14. The van der Waals surface area contributed by atoms with Crippen LogP contribution in [0.3, 0.4) is 0 Å². The van der Waals surface area contributed by atoms with Gasteiger partial charge in [0.15, 0.2) is 0 Å². The van der Waals surface area contributed by atoms with E-state index in [1.54, 1.807) is 38.3 Å². The van der Waals surface area contributed by atoms with Gasteiger partial charge in [0.2, 0.25) is 5.91 Å². The van der Waals surface area contributed by atoms with E-state index in [-0.39, 0.29) is 11.5 Å². The number of benzene rings is 2.